The monoisotopic (exact) mass is 263 g/mol. The number of allylic oxidation sites excluding steroid dienone is 1. The van der Waals surface area contributed by atoms with Crippen LogP contribution in [0.1, 0.15) is 45.7 Å². The zero-order valence-electron chi connectivity index (χ0n) is 12.0. The topological polar surface area (TPSA) is 12.0 Å². The lowest BCUT2D eigenvalue weighted by atomic mass is 10.1. The molecule has 1 rings (SSSR count). The quantitative estimate of drug-likeness (QED) is 0.560. The van der Waals surface area contributed by atoms with Crippen molar-refractivity contribution < 1.29 is 0 Å². The number of thioether (sulfide) groups is 1. The number of hydrogen-bond donors (Lipinski definition) is 1. The van der Waals surface area contributed by atoms with Gasteiger partial charge in [0, 0.05) is 16.7 Å². The van der Waals surface area contributed by atoms with Gasteiger partial charge in [0.15, 0.2) is 0 Å². The molecule has 0 aliphatic rings. The van der Waals surface area contributed by atoms with Crippen LogP contribution in [0.3, 0.4) is 0 Å². The molecule has 1 aromatic carbocycles. The average Bonchev–Trinajstić information content (AvgIpc) is 2.36. The molecular formula is C16H25NS. The number of rotatable bonds is 7. The van der Waals surface area contributed by atoms with Crippen molar-refractivity contribution in [3.63, 3.8) is 0 Å². The summed E-state index contributed by atoms with van der Waals surface area (Å²) in [5, 5.41) is 3.51. The second-order valence-electron chi connectivity index (χ2n) is 4.84. The van der Waals surface area contributed by atoms with Gasteiger partial charge in [-0.2, -0.15) is 0 Å². The van der Waals surface area contributed by atoms with Gasteiger partial charge in [0.1, 0.15) is 0 Å². The highest BCUT2D eigenvalue weighted by Crippen LogP contribution is 2.21. The highest BCUT2D eigenvalue weighted by atomic mass is 32.2. The molecule has 0 heterocycles. The molecule has 0 saturated carbocycles. The normalized spacial score (nSPS) is 12.2. The summed E-state index contributed by atoms with van der Waals surface area (Å²) in [7, 11) is 0. The van der Waals surface area contributed by atoms with Crippen LogP contribution in [-0.4, -0.2) is 12.3 Å². The maximum atomic E-state index is 3.51. The summed E-state index contributed by atoms with van der Waals surface area (Å²) < 4.78 is 0. The summed E-state index contributed by atoms with van der Waals surface area (Å²) in [5.74, 6) is 1.06. The maximum Gasteiger partial charge on any atom is 0.0291 e. The van der Waals surface area contributed by atoms with E-state index in [4.69, 9.17) is 0 Å². The molecule has 1 atom stereocenters. The van der Waals surface area contributed by atoms with Gasteiger partial charge < -0.3 is 5.32 Å². The van der Waals surface area contributed by atoms with Crippen LogP contribution in [0.2, 0.25) is 0 Å². The third kappa shape index (κ3) is 5.74. The van der Waals surface area contributed by atoms with Gasteiger partial charge in [0.05, 0.1) is 0 Å². The molecule has 0 aliphatic carbocycles. The second kappa shape index (κ2) is 8.39. The number of hydrogen-bond acceptors (Lipinski definition) is 2. The fourth-order valence-corrected chi connectivity index (χ4v) is 2.57. The van der Waals surface area contributed by atoms with Crippen LogP contribution in [0.4, 0.5) is 0 Å². The van der Waals surface area contributed by atoms with E-state index in [2.05, 4.69) is 63.4 Å². The molecule has 0 aliphatic heterocycles. The van der Waals surface area contributed by atoms with E-state index in [-0.39, 0.29) is 0 Å². The predicted octanol–water partition coefficient (Wildman–Crippen LogP) is 4.81. The van der Waals surface area contributed by atoms with Crippen LogP contribution >= 0.6 is 11.8 Å². The molecule has 0 fully saturated rings. The standard InChI is InChI=1S/C16H25NS/c1-5-11-17-14(4)15-6-8-16(9-7-15)18-12-10-13(2)3/h6-10,14,17H,5,11-12H2,1-4H3. The first-order chi connectivity index (χ1) is 8.63. The van der Waals surface area contributed by atoms with Crippen molar-refractivity contribution in [3.8, 4) is 0 Å². The Morgan fingerprint density at radius 3 is 2.50 bits per heavy atom. The minimum Gasteiger partial charge on any atom is -0.310 e. The molecule has 0 saturated heterocycles. The van der Waals surface area contributed by atoms with Crippen molar-refractivity contribution in [1.82, 2.24) is 5.32 Å². The van der Waals surface area contributed by atoms with Crippen molar-refractivity contribution in [2.75, 3.05) is 12.3 Å². The third-order valence-electron chi connectivity index (χ3n) is 2.82. The van der Waals surface area contributed by atoms with Crippen LogP contribution in [0.15, 0.2) is 40.8 Å². The molecule has 0 radical (unpaired) electrons. The largest absolute Gasteiger partial charge is 0.310 e. The summed E-state index contributed by atoms with van der Waals surface area (Å²) in [6.45, 7) is 9.79. The highest BCUT2D eigenvalue weighted by molar-refractivity contribution is 7.99. The lowest BCUT2D eigenvalue weighted by Crippen LogP contribution is -2.19. The molecule has 1 nitrogen and oxygen atoms in total. The molecule has 100 valence electrons. The van der Waals surface area contributed by atoms with E-state index in [1.165, 1.54) is 22.5 Å². The van der Waals surface area contributed by atoms with Crippen molar-refractivity contribution in [2.45, 2.75) is 45.1 Å². The van der Waals surface area contributed by atoms with Gasteiger partial charge in [-0.25, -0.2) is 0 Å². The first-order valence-corrected chi connectivity index (χ1v) is 7.71. The minimum atomic E-state index is 0.446. The molecular weight excluding hydrogens is 238 g/mol. The van der Waals surface area contributed by atoms with Crippen molar-refractivity contribution in [1.29, 1.82) is 0 Å². The van der Waals surface area contributed by atoms with E-state index >= 15 is 0 Å². The third-order valence-corrected chi connectivity index (χ3v) is 3.76. The smallest absolute Gasteiger partial charge is 0.0291 e. The molecule has 0 bridgehead atoms. The second-order valence-corrected chi connectivity index (χ2v) is 5.93. The van der Waals surface area contributed by atoms with Gasteiger partial charge in [-0.05, 0) is 51.4 Å². The summed E-state index contributed by atoms with van der Waals surface area (Å²) in [6.07, 6.45) is 3.45. The van der Waals surface area contributed by atoms with Crippen molar-refractivity contribution >= 4 is 11.8 Å². The zero-order valence-corrected chi connectivity index (χ0v) is 12.8. The summed E-state index contributed by atoms with van der Waals surface area (Å²) in [4.78, 5) is 1.35. The molecule has 18 heavy (non-hydrogen) atoms. The minimum absolute atomic E-state index is 0.446. The molecule has 1 N–H and O–H groups in total. The Morgan fingerprint density at radius 2 is 1.94 bits per heavy atom. The van der Waals surface area contributed by atoms with E-state index in [1.54, 1.807) is 0 Å². The maximum absolute atomic E-state index is 3.51. The lowest BCUT2D eigenvalue weighted by molar-refractivity contribution is 0.570. The van der Waals surface area contributed by atoms with Gasteiger partial charge in [0.2, 0.25) is 0 Å². The van der Waals surface area contributed by atoms with Crippen LogP contribution < -0.4 is 5.32 Å². The Kier molecular flexibility index (Phi) is 7.14. The van der Waals surface area contributed by atoms with Gasteiger partial charge in [-0.3, -0.25) is 0 Å². The van der Waals surface area contributed by atoms with Crippen LogP contribution in [0.25, 0.3) is 0 Å². The summed E-state index contributed by atoms with van der Waals surface area (Å²) in [6, 6.07) is 9.37. The fourth-order valence-electron chi connectivity index (χ4n) is 1.64. The Morgan fingerprint density at radius 1 is 1.28 bits per heavy atom. The Balaban J connectivity index is 2.49. The molecule has 0 amide bonds. The highest BCUT2D eigenvalue weighted by Gasteiger charge is 2.03. The summed E-state index contributed by atoms with van der Waals surface area (Å²) >= 11 is 1.89. The summed E-state index contributed by atoms with van der Waals surface area (Å²) in [5.41, 5.74) is 2.76. The van der Waals surface area contributed by atoms with E-state index in [0.717, 1.165) is 12.3 Å². The van der Waals surface area contributed by atoms with Crippen LogP contribution in [0.5, 0.6) is 0 Å². The number of benzene rings is 1. The van der Waals surface area contributed by atoms with Gasteiger partial charge in [-0.1, -0.05) is 30.7 Å². The molecule has 1 aromatic rings. The number of nitrogens with one attached hydrogen (secondary N) is 1. The van der Waals surface area contributed by atoms with Crippen LogP contribution in [0, 0.1) is 0 Å². The molecule has 0 spiro atoms. The first-order valence-electron chi connectivity index (χ1n) is 6.73. The van der Waals surface area contributed by atoms with Crippen molar-refractivity contribution in [2.24, 2.45) is 0 Å². The zero-order chi connectivity index (χ0) is 13.4. The van der Waals surface area contributed by atoms with Gasteiger partial charge >= 0.3 is 0 Å². The Labute approximate surface area is 116 Å². The molecule has 1 unspecified atom stereocenters. The van der Waals surface area contributed by atoms with E-state index in [9.17, 15) is 0 Å². The Hall–Kier alpha value is -0.730. The lowest BCUT2D eigenvalue weighted by Gasteiger charge is -2.13. The van der Waals surface area contributed by atoms with Crippen LogP contribution in [-0.2, 0) is 0 Å². The average molecular weight is 263 g/mol. The Bertz CT molecular complexity index is 363. The van der Waals surface area contributed by atoms with E-state index < -0.39 is 0 Å². The molecule has 0 aromatic heterocycles. The van der Waals surface area contributed by atoms with E-state index in [0.29, 0.717) is 6.04 Å². The SMILES string of the molecule is CCCNC(C)c1ccc(SCC=C(C)C)cc1. The van der Waals surface area contributed by atoms with Crippen molar-refractivity contribution in [3.05, 3.63) is 41.5 Å². The fraction of sp³-hybridized carbons (Fsp3) is 0.500. The van der Waals surface area contributed by atoms with Gasteiger partial charge in [0.25, 0.3) is 0 Å². The predicted molar refractivity (Wildman–Crippen MR) is 83.3 cm³/mol. The molecule has 2 heteroatoms. The van der Waals surface area contributed by atoms with Gasteiger partial charge in [-0.15, -0.1) is 11.8 Å². The van der Waals surface area contributed by atoms with E-state index in [1.807, 2.05) is 11.8 Å². The first kappa shape index (κ1) is 15.3.